The number of benzene rings is 1. The maximum atomic E-state index is 12.8. The number of rotatable bonds is 9. The van der Waals surface area contributed by atoms with E-state index in [1.807, 2.05) is 23.6 Å². The van der Waals surface area contributed by atoms with Crippen LogP contribution in [0.2, 0.25) is 5.02 Å². The third-order valence-electron chi connectivity index (χ3n) is 5.90. The number of thioether (sulfide) groups is 1. The van der Waals surface area contributed by atoms with Crippen molar-refractivity contribution < 1.29 is 9.53 Å². The van der Waals surface area contributed by atoms with E-state index in [0.717, 1.165) is 31.2 Å². The smallest absolute Gasteiger partial charge is 0.235 e. The molecule has 1 unspecified atom stereocenters. The van der Waals surface area contributed by atoms with E-state index in [2.05, 4.69) is 28.2 Å². The fourth-order valence-corrected chi connectivity index (χ4v) is 6.41. The topological polar surface area (TPSA) is 92.8 Å². The van der Waals surface area contributed by atoms with Gasteiger partial charge in [0.1, 0.15) is 16.8 Å². The zero-order chi connectivity index (χ0) is 25.5. The quantitative estimate of drug-likeness (QED) is 0.243. The Hall–Kier alpha value is -2.80. The molecule has 188 valence electrons. The molecule has 1 atom stereocenters. The molecule has 1 N–H and O–H groups in total. The summed E-state index contributed by atoms with van der Waals surface area (Å²) in [5.74, 6) is 1.23. The summed E-state index contributed by atoms with van der Waals surface area (Å²) in [6, 6.07) is 9.51. The van der Waals surface area contributed by atoms with E-state index in [9.17, 15) is 10.1 Å². The lowest BCUT2D eigenvalue weighted by atomic mass is 9.97. The van der Waals surface area contributed by atoms with Crippen molar-refractivity contribution in [2.75, 3.05) is 11.1 Å². The number of ether oxygens (including phenoxy) is 1. The lowest BCUT2D eigenvalue weighted by Crippen LogP contribution is -2.15. The molecular weight excluding hydrogens is 514 g/mol. The summed E-state index contributed by atoms with van der Waals surface area (Å²) in [7, 11) is 0. The molecule has 0 saturated carbocycles. The molecule has 7 nitrogen and oxygen atoms in total. The average Bonchev–Trinajstić information content (AvgIpc) is 3.38. The maximum absolute atomic E-state index is 12.8. The van der Waals surface area contributed by atoms with Gasteiger partial charge in [-0.25, -0.2) is 0 Å². The van der Waals surface area contributed by atoms with Crippen molar-refractivity contribution >= 4 is 45.6 Å². The third-order valence-corrected chi connectivity index (χ3v) is 8.31. The first-order chi connectivity index (χ1) is 17.5. The Bertz CT molecular complexity index is 1280. The molecule has 3 aromatic rings. The van der Waals surface area contributed by atoms with Gasteiger partial charge < -0.3 is 10.1 Å². The number of aromatic nitrogens is 3. The van der Waals surface area contributed by atoms with Crippen LogP contribution in [0.5, 0.6) is 5.75 Å². The number of nitriles is 1. The van der Waals surface area contributed by atoms with Crippen molar-refractivity contribution in [1.82, 2.24) is 14.8 Å². The minimum Gasteiger partial charge on any atom is -0.483 e. The van der Waals surface area contributed by atoms with Gasteiger partial charge in [0.2, 0.25) is 5.91 Å². The van der Waals surface area contributed by atoms with Crippen molar-refractivity contribution in [2.24, 2.45) is 0 Å². The molecular formula is C26H28ClN5O2S2. The molecule has 36 heavy (non-hydrogen) atoms. The highest BCUT2D eigenvalue weighted by atomic mass is 35.5. The predicted octanol–water partition coefficient (Wildman–Crippen LogP) is 6.58. The molecule has 10 heteroatoms. The standard InChI is InChI=1S/C26H28ClN5O2S2/c1-3-13-32-24(17(2)34-19-10-8-9-18(27)14-19)30-31-26(32)35-16-23(33)29-25-21(15-28)20-11-6-4-5-7-12-22(20)36-25/h3,8-10,14,17H,1,4-7,11-13,16H2,2H3,(H,29,33). The number of thiophene rings is 1. The summed E-state index contributed by atoms with van der Waals surface area (Å²) in [5, 5.41) is 23.2. The Kier molecular flexibility index (Phi) is 9.08. The summed E-state index contributed by atoms with van der Waals surface area (Å²) in [6.07, 6.45) is 7.86. The number of nitrogens with zero attached hydrogens (tertiary/aromatic N) is 4. The first-order valence-corrected chi connectivity index (χ1v) is 14.1. The van der Waals surface area contributed by atoms with Gasteiger partial charge in [-0.15, -0.1) is 28.1 Å². The van der Waals surface area contributed by atoms with Crippen molar-refractivity contribution in [3.05, 3.63) is 63.8 Å². The Morgan fingerprint density at radius 2 is 2.17 bits per heavy atom. The highest BCUT2D eigenvalue weighted by molar-refractivity contribution is 7.99. The van der Waals surface area contributed by atoms with E-state index in [0.29, 0.717) is 38.9 Å². The molecule has 2 heterocycles. The van der Waals surface area contributed by atoms with E-state index in [1.165, 1.54) is 29.5 Å². The first kappa shape index (κ1) is 26.3. The molecule has 1 aliphatic carbocycles. The summed E-state index contributed by atoms with van der Waals surface area (Å²) in [4.78, 5) is 14.1. The van der Waals surface area contributed by atoms with Crippen molar-refractivity contribution in [2.45, 2.75) is 63.3 Å². The van der Waals surface area contributed by atoms with Crippen molar-refractivity contribution in [3.8, 4) is 11.8 Å². The highest BCUT2D eigenvalue weighted by Gasteiger charge is 2.22. The molecule has 0 saturated heterocycles. The Balaban J connectivity index is 1.43. The van der Waals surface area contributed by atoms with Gasteiger partial charge >= 0.3 is 0 Å². The molecule has 4 rings (SSSR count). The van der Waals surface area contributed by atoms with E-state index in [4.69, 9.17) is 16.3 Å². The first-order valence-electron chi connectivity index (χ1n) is 11.9. The number of carbonyl (C=O) groups excluding carboxylic acids is 1. The van der Waals surface area contributed by atoms with Crippen LogP contribution in [0.3, 0.4) is 0 Å². The van der Waals surface area contributed by atoms with Crippen molar-refractivity contribution in [1.29, 1.82) is 5.26 Å². The van der Waals surface area contributed by atoms with Crippen molar-refractivity contribution in [3.63, 3.8) is 0 Å². The molecule has 2 aromatic heterocycles. The van der Waals surface area contributed by atoms with Crippen LogP contribution in [0.15, 0.2) is 42.1 Å². The van der Waals surface area contributed by atoms with Crippen LogP contribution in [0.4, 0.5) is 5.00 Å². The minimum absolute atomic E-state index is 0.145. The fourth-order valence-electron chi connectivity index (χ4n) is 4.22. The van der Waals surface area contributed by atoms with Crippen LogP contribution >= 0.6 is 34.7 Å². The third kappa shape index (κ3) is 6.30. The molecule has 0 radical (unpaired) electrons. The molecule has 0 spiro atoms. The van der Waals surface area contributed by atoms with Gasteiger partial charge in [0.25, 0.3) is 0 Å². The van der Waals surface area contributed by atoms with E-state index >= 15 is 0 Å². The Morgan fingerprint density at radius 1 is 1.36 bits per heavy atom. The van der Waals surface area contributed by atoms with E-state index < -0.39 is 0 Å². The lowest BCUT2D eigenvalue weighted by molar-refractivity contribution is -0.113. The largest absolute Gasteiger partial charge is 0.483 e. The highest BCUT2D eigenvalue weighted by Crippen LogP contribution is 2.36. The van der Waals surface area contributed by atoms with Crippen LogP contribution in [0, 0.1) is 11.3 Å². The Labute approximate surface area is 224 Å². The second-order valence-electron chi connectivity index (χ2n) is 8.53. The van der Waals surface area contributed by atoms with Gasteiger partial charge in [-0.2, -0.15) is 5.26 Å². The molecule has 1 amide bonds. The second kappa shape index (κ2) is 12.4. The van der Waals surface area contributed by atoms with E-state index in [1.54, 1.807) is 29.5 Å². The fraction of sp³-hybridized carbons (Fsp3) is 0.385. The maximum Gasteiger partial charge on any atom is 0.235 e. The van der Waals surface area contributed by atoms with Gasteiger partial charge in [0.05, 0.1) is 11.3 Å². The molecule has 0 fully saturated rings. The number of hydrogen-bond acceptors (Lipinski definition) is 7. The molecule has 0 aliphatic heterocycles. The number of amides is 1. The van der Waals surface area contributed by atoms with Crippen LogP contribution in [0.25, 0.3) is 0 Å². The van der Waals surface area contributed by atoms with Gasteiger partial charge in [-0.3, -0.25) is 9.36 Å². The summed E-state index contributed by atoms with van der Waals surface area (Å²) >= 11 is 8.90. The molecule has 1 aliphatic rings. The van der Waals surface area contributed by atoms with Crippen LogP contribution in [-0.4, -0.2) is 26.4 Å². The van der Waals surface area contributed by atoms with Crippen LogP contribution < -0.4 is 10.1 Å². The zero-order valence-electron chi connectivity index (χ0n) is 20.1. The van der Waals surface area contributed by atoms with Gasteiger partial charge in [0.15, 0.2) is 17.1 Å². The van der Waals surface area contributed by atoms with E-state index in [-0.39, 0.29) is 17.8 Å². The number of aryl methyl sites for hydroxylation is 1. The predicted molar refractivity (Wildman–Crippen MR) is 145 cm³/mol. The zero-order valence-corrected chi connectivity index (χ0v) is 22.5. The van der Waals surface area contributed by atoms with Crippen LogP contribution in [-0.2, 0) is 24.2 Å². The van der Waals surface area contributed by atoms with Gasteiger partial charge in [0, 0.05) is 16.4 Å². The molecule has 1 aromatic carbocycles. The summed E-state index contributed by atoms with van der Waals surface area (Å²) < 4.78 is 7.90. The SMILES string of the molecule is C=CCn1c(SCC(=O)Nc2sc3c(c2C#N)CCCCCC3)nnc1C(C)Oc1cccc(Cl)c1. The normalized spacial score (nSPS) is 14.1. The number of fused-ring (bicyclic) bond motifs is 1. The van der Waals surface area contributed by atoms with Gasteiger partial charge in [-0.05, 0) is 56.4 Å². The Morgan fingerprint density at radius 3 is 2.92 bits per heavy atom. The lowest BCUT2D eigenvalue weighted by Gasteiger charge is -2.15. The average molecular weight is 542 g/mol. The number of halogens is 1. The minimum atomic E-state index is -0.386. The summed E-state index contributed by atoms with van der Waals surface area (Å²) in [5.41, 5.74) is 1.74. The van der Waals surface area contributed by atoms with Gasteiger partial charge in [-0.1, -0.05) is 48.3 Å². The monoisotopic (exact) mass is 541 g/mol. The summed E-state index contributed by atoms with van der Waals surface area (Å²) in [6.45, 7) is 6.20. The number of allylic oxidation sites excluding steroid dienone is 1. The second-order valence-corrected chi connectivity index (χ2v) is 11.0. The number of carbonyl (C=O) groups is 1. The molecule has 0 bridgehead atoms. The number of nitrogens with one attached hydrogen (secondary N) is 1. The number of hydrogen-bond donors (Lipinski definition) is 1. The number of anilines is 1. The van der Waals surface area contributed by atoms with Crippen LogP contribution in [0.1, 0.15) is 60.5 Å².